The van der Waals surface area contributed by atoms with Gasteiger partial charge in [-0.3, -0.25) is 14.5 Å². The third-order valence-corrected chi connectivity index (χ3v) is 7.50. The van der Waals surface area contributed by atoms with E-state index in [1.165, 1.54) is 24.8 Å². The topological polar surface area (TPSA) is 82.1 Å². The number of likely N-dealkylation sites (tertiary alicyclic amines) is 1. The van der Waals surface area contributed by atoms with Crippen LogP contribution in [0.4, 0.5) is 5.69 Å². The van der Waals surface area contributed by atoms with Gasteiger partial charge in [-0.25, -0.2) is 0 Å². The third-order valence-electron chi connectivity index (χ3n) is 7.50. The van der Waals surface area contributed by atoms with Gasteiger partial charge >= 0.3 is 0 Å². The van der Waals surface area contributed by atoms with Crippen LogP contribution < -0.4 is 10.1 Å². The summed E-state index contributed by atoms with van der Waals surface area (Å²) in [4.78, 5) is 30.8. The number of methoxy groups -OCH3 is 1. The number of phenolic OH excluding ortho intramolecular Hbond substituents is 1. The normalized spacial score (nSPS) is 14.3. The summed E-state index contributed by atoms with van der Waals surface area (Å²) in [6.07, 6.45) is 4.74. The number of hydrogen-bond acceptors (Lipinski definition) is 5. The predicted octanol–water partition coefficient (Wildman–Crippen LogP) is 5.70. The van der Waals surface area contributed by atoms with Gasteiger partial charge in [-0.05, 0) is 65.1 Å². The van der Waals surface area contributed by atoms with Crippen LogP contribution in [0, 0.1) is 0 Å². The molecule has 2 amide bonds. The molecule has 0 radical (unpaired) electrons. The SMILES string of the molecule is COc1cc(/C=C/C(=O)N(CC(=O)Nc2ccc3ccccc3c2)C2CCN(Cc3ccccc3)CC2)ccc1O. The van der Waals surface area contributed by atoms with Crippen LogP contribution in [-0.4, -0.2) is 59.5 Å². The Bertz CT molecular complexity index is 1530. The number of fused-ring (bicyclic) bond motifs is 1. The number of carbonyl (C=O) groups is 2. The first-order valence-electron chi connectivity index (χ1n) is 13.9. The largest absolute Gasteiger partial charge is 0.504 e. The lowest BCUT2D eigenvalue weighted by atomic mass is 10.0. The summed E-state index contributed by atoms with van der Waals surface area (Å²) in [5.41, 5.74) is 2.68. The first kappa shape index (κ1) is 27.9. The van der Waals surface area contributed by atoms with Crippen molar-refractivity contribution >= 4 is 34.4 Å². The maximum absolute atomic E-state index is 13.5. The predicted molar refractivity (Wildman–Crippen MR) is 163 cm³/mol. The number of aromatic hydroxyl groups is 1. The first-order valence-corrected chi connectivity index (χ1v) is 13.9. The van der Waals surface area contributed by atoms with E-state index in [1.807, 2.05) is 60.7 Å². The molecular formula is C34H35N3O4. The molecule has 1 aliphatic heterocycles. The second kappa shape index (κ2) is 13.2. The second-order valence-electron chi connectivity index (χ2n) is 10.3. The number of hydrogen-bond donors (Lipinski definition) is 2. The van der Waals surface area contributed by atoms with E-state index >= 15 is 0 Å². The van der Waals surface area contributed by atoms with Crippen molar-refractivity contribution in [1.82, 2.24) is 9.80 Å². The number of nitrogens with zero attached hydrogens (tertiary/aromatic N) is 2. The summed E-state index contributed by atoms with van der Waals surface area (Å²) in [6.45, 7) is 2.51. The van der Waals surface area contributed by atoms with E-state index in [4.69, 9.17) is 4.74 Å². The number of anilines is 1. The Morgan fingerprint density at radius 3 is 2.44 bits per heavy atom. The highest BCUT2D eigenvalue weighted by Crippen LogP contribution is 2.27. The molecule has 1 heterocycles. The molecule has 4 aromatic rings. The molecule has 0 saturated carbocycles. The summed E-state index contributed by atoms with van der Waals surface area (Å²) in [6, 6.07) is 29.0. The molecule has 4 aromatic carbocycles. The zero-order valence-electron chi connectivity index (χ0n) is 23.2. The molecule has 210 valence electrons. The summed E-state index contributed by atoms with van der Waals surface area (Å²) in [5, 5.41) is 15.0. The zero-order chi connectivity index (χ0) is 28.6. The van der Waals surface area contributed by atoms with Gasteiger partial charge in [-0.15, -0.1) is 0 Å². The molecule has 2 N–H and O–H groups in total. The number of benzene rings is 4. The molecule has 0 aliphatic carbocycles. The molecule has 0 bridgehead atoms. The Balaban J connectivity index is 1.29. The number of amides is 2. The van der Waals surface area contributed by atoms with Gasteiger partial charge in [0.2, 0.25) is 11.8 Å². The fraction of sp³-hybridized carbons (Fsp3) is 0.235. The van der Waals surface area contributed by atoms with Crippen molar-refractivity contribution in [2.45, 2.75) is 25.4 Å². The van der Waals surface area contributed by atoms with Gasteiger partial charge in [0.15, 0.2) is 11.5 Å². The van der Waals surface area contributed by atoms with Crippen LogP contribution in [-0.2, 0) is 16.1 Å². The monoisotopic (exact) mass is 549 g/mol. The van der Waals surface area contributed by atoms with Crippen LogP contribution in [0.15, 0.2) is 97.1 Å². The fourth-order valence-electron chi connectivity index (χ4n) is 5.30. The van der Waals surface area contributed by atoms with Crippen molar-refractivity contribution in [3.63, 3.8) is 0 Å². The van der Waals surface area contributed by atoms with Crippen molar-refractivity contribution in [1.29, 1.82) is 0 Å². The third kappa shape index (κ3) is 7.32. The highest BCUT2D eigenvalue weighted by Gasteiger charge is 2.28. The number of phenols is 1. The van der Waals surface area contributed by atoms with Gasteiger partial charge in [0.1, 0.15) is 6.54 Å². The van der Waals surface area contributed by atoms with Crippen molar-refractivity contribution in [2.24, 2.45) is 0 Å². The van der Waals surface area contributed by atoms with Crippen molar-refractivity contribution in [3.8, 4) is 11.5 Å². The number of carbonyl (C=O) groups excluding carboxylic acids is 2. The van der Waals surface area contributed by atoms with Gasteiger partial charge in [0, 0.05) is 37.4 Å². The number of rotatable bonds is 9. The zero-order valence-corrected chi connectivity index (χ0v) is 23.2. The van der Waals surface area contributed by atoms with Crippen molar-refractivity contribution in [2.75, 3.05) is 32.1 Å². The minimum absolute atomic E-state index is 0.0326. The number of ether oxygens (including phenoxy) is 1. The van der Waals surface area contributed by atoms with E-state index < -0.39 is 0 Å². The van der Waals surface area contributed by atoms with Crippen molar-refractivity contribution < 1.29 is 19.4 Å². The summed E-state index contributed by atoms with van der Waals surface area (Å²) in [5.74, 6) is -0.102. The van der Waals surface area contributed by atoms with Crippen LogP contribution in [0.2, 0.25) is 0 Å². The highest BCUT2D eigenvalue weighted by atomic mass is 16.5. The van der Waals surface area contributed by atoms with Crippen LogP contribution in [0.25, 0.3) is 16.8 Å². The van der Waals surface area contributed by atoms with Gasteiger partial charge in [0.25, 0.3) is 0 Å². The molecule has 0 spiro atoms. The fourth-order valence-corrected chi connectivity index (χ4v) is 5.30. The quantitative estimate of drug-likeness (QED) is 0.262. The smallest absolute Gasteiger partial charge is 0.247 e. The van der Waals surface area contributed by atoms with Gasteiger partial charge < -0.3 is 20.1 Å². The molecule has 1 aliphatic rings. The molecule has 7 heteroatoms. The van der Waals surface area contributed by atoms with Crippen LogP contribution >= 0.6 is 0 Å². The molecule has 0 aromatic heterocycles. The Morgan fingerprint density at radius 1 is 0.951 bits per heavy atom. The van der Waals surface area contributed by atoms with Crippen LogP contribution in [0.5, 0.6) is 11.5 Å². The lowest BCUT2D eigenvalue weighted by Crippen LogP contribution is -2.49. The maximum atomic E-state index is 13.5. The van der Waals surface area contributed by atoms with E-state index in [1.54, 1.807) is 23.1 Å². The van der Waals surface area contributed by atoms with E-state index in [9.17, 15) is 14.7 Å². The molecule has 5 rings (SSSR count). The Morgan fingerprint density at radius 2 is 1.68 bits per heavy atom. The molecule has 1 saturated heterocycles. The lowest BCUT2D eigenvalue weighted by molar-refractivity contribution is -0.133. The summed E-state index contributed by atoms with van der Waals surface area (Å²) >= 11 is 0. The molecule has 0 atom stereocenters. The summed E-state index contributed by atoms with van der Waals surface area (Å²) < 4.78 is 5.19. The lowest BCUT2D eigenvalue weighted by Gasteiger charge is -2.38. The highest BCUT2D eigenvalue weighted by molar-refractivity contribution is 5.99. The van der Waals surface area contributed by atoms with Crippen LogP contribution in [0.1, 0.15) is 24.0 Å². The molecule has 7 nitrogen and oxygen atoms in total. The standard InChI is InChI=1S/C34H35N3O4/c1-41-32-21-25(11-15-31(32)38)12-16-34(40)37(30-17-19-36(20-18-30)23-26-7-3-2-4-8-26)24-33(39)35-29-14-13-27-9-5-6-10-28(27)22-29/h2-16,21-22,30,38H,17-20,23-24H2,1H3,(H,35,39)/b16-12+. The molecule has 0 unspecified atom stereocenters. The van der Waals surface area contributed by atoms with E-state index in [0.29, 0.717) is 17.0 Å². The van der Waals surface area contributed by atoms with Gasteiger partial charge in [-0.1, -0.05) is 66.7 Å². The summed E-state index contributed by atoms with van der Waals surface area (Å²) in [7, 11) is 1.48. The Labute approximate surface area is 240 Å². The average molecular weight is 550 g/mol. The molecule has 41 heavy (non-hydrogen) atoms. The van der Waals surface area contributed by atoms with E-state index in [2.05, 4.69) is 22.3 Å². The number of piperidine rings is 1. The molecular weight excluding hydrogens is 514 g/mol. The minimum Gasteiger partial charge on any atom is -0.504 e. The Kier molecular flexibility index (Phi) is 8.96. The van der Waals surface area contributed by atoms with Crippen LogP contribution in [0.3, 0.4) is 0 Å². The van der Waals surface area contributed by atoms with E-state index in [0.717, 1.165) is 43.2 Å². The van der Waals surface area contributed by atoms with Gasteiger partial charge in [-0.2, -0.15) is 0 Å². The molecule has 1 fully saturated rings. The second-order valence-corrected chi connectivity index (χ2v) is 10.3. The number of nitrogens with one attached hydrogen (secondary N) is 1. The average Bonchev–Trinajstić information content (AvgIpc) is 3.00. The Hall–Kier alpha value is -4.62. The minimum atomic E-state index is -0.236. The maximum Gasteiger partial charge on any atom is 0.247 e. The first-order chi connectivity index (χ1) is 20.0. The van der Waals surface area contributed by atoms with Crippen molar-refractivity contribution in [3.05, 3.63) is 108 Å². The van der Waals surface area contributed by atoms with E-state index in [-0.39, 0.29) is 30.2 Å². The van der Waals surface area contributed by atoms with Gasteiger partial charge in [0.05, 0.1) is 7.11 Å².